The van der Waals surface area contributed by atoms with Crippen molar-refractivity contribution in [2.24, 2.45) is 0 Å². The van der Waals surface area contributed by atoms with E-state index in [4.69, 9.17) is 23.2 Å². The zero-order chi connectivity index (χ0) is 11.7. The number of hydrogen-bond donors (Lipinski definition) is 1. The van der Waals surface area contributed by atoms with Crippen LogP contribution in [0.25, 0.3) is 6.08 Å². The van der Waals surface area contributed by atoms with Gasteiger partial charge in [-0.3, -0.25) is 9.59 Å². The first kappa shape index (κ1) is 11.2. The Labute approximate surface area is 102 Å². The molecule has 3 nitrogen and oxygen atoms in total. The normalized spacial score (nSPS) is 18.0. The Bertz CT molecular complexity index is 509. The van der Waals surface area contributed by atoms with Crippen molar-refractivity contribution in [3.05, 3.63) is 39.5 Å². The van der Waals surface area contributed by atoms with Crippen LogP contribution in [0.3, 0.4) is 0 Å². The Morgan fingerprint density at radius 2 is 2.00 bits per heavy atom. The maximum absolute atomic E-state index is 11.4. The molecule has 0 radical (unpaired) electrons. The van der Waals surface area contributed by atoms with Crippen LogP contribution in [0, 0.1) is 0 Å². The molecule has 1 aliphatic heterocycles. The topological polar surface area (TPSA) is 46.2 Å². The van der Waals surface area contributed by atoms with Gasteiger partial charge in [-0.05, 0) is 17.7 Å². The van der Waals surface area contributed by atoms with E-state index in [1.807, 2.05) is 0 Å². The first-order valence-electron chi connectivity index (χ1n) is 4.56. The molecule has 0 atom stereocenters. The number of amides is 1. The Kier molecular flexibility index (Phi) is 2.99. The molecular formula is C11H7Cl2NO2. The van der Waals surface area contributed by atoms with Crippen LogP contribution in [-0.2, 0) is 9.59 Å². The molecular weight excluding hydrogens is 249 g/mol. The molecule has 0 aliphatic carbocycles. The molecule has 1 aliphatic rings. The van der Waals surface area contributed by atoms with Gasteiger partial charge in [0, 0.05) is 0 Å². The molecule has 1 fully saturated rings. The number of hydrogen-bond acceptors (Lipinski definition) is 2. The lowest BCUT2D eigenvalue weighted by atomic mass is 10.1. The summed E-state index contributed by atoms with van der Waals surface area (Å²) in [5, 5.41) is 3.25. The van der Waals surface area contributed by atoms with Gasteiger partial charge in [-0.1, -0.05) is 35.3 Å². The van der Waals surface area contributed by atoms with Crippen molar-refractivity contribution in [3.63, 3.8) is 0 Å². The monoisotopic (exact) mass is 255 g/mol. The van der Waals surface area contributed by atoms with E-state index in [0.717, 1.165) is 0 Å². The maximum atomic E-state index is 11.4. The minimum atomic E-state index is -0.297. The molecule has 1 aromatic carbocycles. The van der Waals surface area contributed by atoms with E-state index in [0.29, 0.717) is 15.6 Å². The largest absolute Gasteiger partial charge is 0.323 e. The van der Waals surface area contributed by atoms with E-state index in [2.05, 4.69) is 5.32 Å². The summed E-state index contributed by atoms with van der Waals surface area (Å²) in [6.07, 6.45) is 1.42. The fourth-order valence-electron chi connectivity index (χ4n) is 1.41. The molecule has 16 heavy (non-hydrogen) atoms. The van der Waals surface area contributed by atoms with Gasteiger partial charge < -0.3 is 5.32 Å². The van der Waals surface area contributed by atoms with Gasteiger partial charge in [-0.15, -0.1) is 0 Å². The highest BCUT2D eigenvalue weighted by Crippen LogP contribution is 2.27. The Balaban J connectivity index is 2.40. The molecule has 0 aromatic heterocycles. The third-order valence-electron chi connectivity index (χ3n) is 2.18. The summed E-state index contributed by atoms with van der Waals surface area (Å²) in [6.45, 7) is 0. The smallest absolute Gasteiger partial charge is 0.232 e. The lowest BCUT2D eigenvalue weighted by Crippen LogP contribution is -2.12. The molecule has 2 rings (SSSR count). The van der Waals surface area contributed by atoms with Gasteiger partial charge in [0.05, 0.1) is 22.2 Å². The lowest BCUT2D eigenvalue weighted by Gasteiger charge is -2.01. The molecule has 0 spiro atoms. The quantitative estimate of drug-likeness (QED) is 0.619. The summed E-state index contributed by atoms with van der Waals surface area (Å²) in [6, 6.07) is 5.10. The number of carbonyl (C=O) groups is 2. The average molecular weight is 256 g/mol. The zero-order valence-electron chi connectivity index (χ0n) is 8.09. The number of Topliss-reactive ketones (excluding diaryl/α,β-unsaturated/α-hetero) is 1. The number of rotatable bonds is 1. The van der Waals surface area contributed by atoms with Crippen LogP contribution >= 0.6 is 23.2 Å². The minimum Gasteiger partial charge on any atom is -0.323 e. The molecule has 1 heterocycles. The number of ketones is 1. The van der Waals surface area contributed by atoms with Gasteiger partial charge >= 0.3 is 0 Å². The van der Waals surface area contributed by atoms with E-state index < -0.39 is 0 Å². The van der Waals surface area contributed by atoms with Crippen LogP contribution in [0.5, 0.6) is 0 Å². The van der Waals surface area contributed by atoms with Crippen molar-refractivity contribution in [1.29, 1.82) is 0 Å². The van der Waals surface area contributed by atoms with Gasteiger partial charge in [-0.2, -0.15) is 0 Å². The van der Waals surface area contributed by atoms with Gasteiger partial charge in [0.2, 0.25) is 5.91 Å². The molecule has 0 bridgehead atoms. The SMILES string of the molecule is O=C1CC(=O)C(=Cc2cccc(Cl)c2Cl)N1. The molecule has 5 heteroatoms. The van der Waals surface area contributed by atoms with Crippen molar-refractivity contribution in [1.82, 2.24) is 5.32 Å². The molecule has 82 valence electrons. The second kappa shape index (κ2) is 4.28. The standard InChI is InChI=1S/C11H7Cl2NO2/c12-7-3-1-2-6(11(7)13)4-8-9(15)5-10(16)14-8/h1-4H,5H2,(H,14,16). The molecule has 0 unspecified atom stereocenters. The van der Waals surface area contributed by atoms with E-state index in [1.165, 1.54) is 6.08 Å². The average Bonchev–Trinajstić information content (AvgIpc) is 2.53. The summed E-state index contributed by atoms with van der Waals surface area (Å²) >= 11 is 11.8. The number of carbonyl (C=O) groups excluding carboxylic acids is 2. The van der Waals surface area contributed by atoms with E-state index in [1.54, 1.807) is 18.2 Å². The van der Waals surface area contributed by atoms with Crippen molar-refractivity contribution >= 4 is 41.0 Å². The Morgan fingerprint density at radius 1 is 1.25 bits per heavy atom. The summed E-state index contributed by atoms with van der Waals surface area (Å²) in [7, 11) is 0. The van der Waals surface area contributed by atoms with Crippen molar-refractivity contribution < 1.29 is 9.59 Å². The fourth-order valence-corrected chi connectivity index (χ4v) is 1.77. The molecule has 1 saturated heterocycles. The number of allylic oxidation sites excluding steroid dienone is 1. The molecule has 1 amide bonds. The molecule has 1 N–H and O–H groups in total. The van der Waals surface area contributed by atoms with Crippen LogP contribution in [0.1, 0.15) is 12.0 Å². The highest BCUT2D eigenvalue weighted by atomic mass is 35.5. The van der Waals surface area contributed by atoms with E-state index in [-0.39, 0.29) is 23.8 Å². The van der Waals surface area contributed by atoms with Crippen molar-refractivity contribution in [2.75, 3.05) is 0 Å². The summed E-state index contributed by atoms with van der Waals surface area (Å²) in [5.74, 6) is -0.532. The van der Waals surface area contributed by atoms with Crippen LogP contribution < -0.4 is 5.32 Å². The predicted molar refractivity (Wildman–Crippen MR) is 62.2 cm³/mol. The van der Waals surface area contributed by atoms with Crippen molar-refractivity contribution in [2.45, 2.75) is 6.42 Å². The van der Waals surface area contributed by atoms with Crippen LogP contribution in [0.2, 0.25) is 10.0 Å². The third kappa shape index (κ3) is 2.10. The second-order valence-electron chi connectivity index (χ2n) is 3.35. The number of halogens is 2. The highest BCUT2D eigenvalue weighted by molar-refractivity contribution is 6.43. The summed E-state index contributed by atoms with van der Waals surface area (Å²) < 4.78 is 0. The molecule has 1 aromatic rings. The highest BCUT2D eigenvalue weighted by Gasteiger charge is 2.24. The van der Waals surface area contributed by atoms with Gasteiger partial charge in [0.1, 0.15) is 0 Å². The fraction of sp³-hybridized carbons (Fsp3) is 0.0909. The van der Waals surface area contributed by atoms with Gasteiger partial charge in [0.25, 0.3) is 0 Å². The van der Waals surface area contributed by atoms with E-state index in [9.17, 15) is 9.59 Å². The predicted octanol–water partition coefficient (Wildman–Crippen LogP) is 2.42. The lowest BCUT2D eigenvalue weighted by molar-refractivity contribution is -0.121. The summed E-state index contributed by atoms with van der Waals surface area (Å²) in [5.41, 5.74) is 0.869. The Morgan fingerprint density at radius 3 is 2.62 bits per heavy atom. The van der Waals surface area contributed by atoms with Crippen LogP contribution in [-0.4, -0.2) is 11.7 Å². The number of nitrogens with one attached hydrogen (secondary N) is 1. The van der Waals surface area contributed by atoms with Gasteiger partial charge in [0.15, 0.2) is 5.78 Å². The molecule has 0 saturated carbocycles. The zero-order valence-corrected chi connectivity index (χ0v) is 9.60. The van der Waals surface area contributed by atoms with Crippen molar-refractivity contribution in [3.8, 4) is 0 Å². The third-order valence-corrected chi connectivity index (χ3v) is 3.01. The van der Waals surface area contributed by atoms with Gasteiger partial charge in [-0.25, -0.2) is 0 Å². The minimum absolute atomic E-state index is 0.107. The number of benzene rings is 1. The Hall–Kier alpha value is -1.32. The first-order chi connectivity index (χ1) is 7.58. The van der Waals surface area contributed by atoms with Crippen LogP contribution in [0.15, 0.2) is 23.9 Å². The maximum Gasteiger partial charge on any atom is 0.232 e. The van der Waals surface area contributed by atoms with E-state index >= 15 is 0 Å². The summed E-state index contributed by atoms with van der Waals surface area (Å²) in [4.78, 5) is 22.3. The first-order valence-corrected chi connectivity index (χ1v) is 5.32. The van der Waals surface area contributed by atoms with Crippen LogP contribution in [0.4, 0.5) is 0 Å². The second-order valence-corrected chi connectivity index (χ2v) is 4.13.